The Morgan fingerprint density at radius 2 is 2.38 bits per heavy atom. The minimum atomic E-state index is 0.383. The maximum atomic E-state index is 5.58. The van der Waals surface area contributed by atoms with E-state index in [1.807, 2.05) is 0 Å². The van der Waals surface area contributed by atoms with Gasteiger partial charge in [0.05, 0.1) is 2.88 Å². The first-order chi connectivity index (χ1) is 6.31. The van der Waals surface area contributed by atoms with E-state index < -0.39 is 0 Å². The molecule has 2 nitrogen and oxygen atoms in total. The van der Waals surface area contributed by atoms with Gasteiger partial charge in [-0.05, 0) is 58.4 Å². The van der Waals surface area contributed by atoms with Gasteiger partial charge in [-0.3, -0.25) is 11.3 Å². The molecule has 1 fully saturated rings. The smallest absolute Gasteiger partial charge is 0.0656 e. The van der Waals surface area contributed by atoms with Crippen LogP contribution in [0.3, 0.4) is 0 Å². The Morgan fingerprint density at radius 1 is 1.62 bits per heavy atom. The van der Waals surface area contributed by atoms with Crippen LogP contribution in [0.4, 0.5) is 0 Å². The van der Waals surface area contributed by atoms with Crippen molar-refractivity contribution in [1.82, 2.24) is 5.43 Å². The van der Waals surface area contributed by atoms with Gasteiger partial charge in [0.1, 0.15) is 0 Å². The Hall–Kier alpha value is 0.350. The zero-order valence-electron chi connectivity index (χ0n) is 7.29. The Morgan fingerprint density at radius 3 is 2.77 bits per heavy atom. The first kappa shape index (κ1) is 9.89. The van der Waals surface area contributed by atoms with Crippen LogP contribution >= 0.6 is 33.9 Å². The molecule has 0 saturated heterocycles. The maximum absolute atomic E-state index is 5.58. The molecule has 0 amide bonds. The normalized spacial score (nSPS) is 19.8. The predicted octanol–water partition coefficient (Wildman–Crippen LogP) is 2.66. The summed E-state index contributed by atoms with van der Waals surface area (Å²) in [5.74, 6) is 6.34. The molecule has 3 N–H and O–H groups in total. The Kier molecular flexibility index (Phi) is 3.23. The molecule has 1 aliphatic carbocycles. The second-order valence-corrected chi connectivity index (χ2v) is 6.32. The van der Waals surface area contributed by atoms with Crippen molar-refractivity contribution >= 4 is 33.9 Å². The van der Waals surface area contributed by atoms with E-state index in [9.17, 15) is 0 Å². The molecule has 13 heavy (non-hydrogen) atoms. The summed E-state index contributed by atoms with van der Waals surface area (Å²) in [5, 5.41) is 2.21. The molecule has 72 valence electrons. The molecule has 1 aromatic rings. The molecule has 1 atom stereocenters. The van der Waals surface area contributed by atoms with Gasteiger partial charge < -0.3 is 0 Å². The summed E-state index contributed by atoms with van der Waals surface area (Å²) in [7, 11) is 0. The van der Waals surface area contributed by atoms with Crippen molar-refractivity contribution in [3.8, 4) is 0 Å². The van der Waals surface area contributed by atoms with E-state index in [-0.39, 0.29) is 0 Å². The molecule has 1 heterocycles. The number of rotatable bonds is 3. The lowest BCUT2D eigenvalue weighted by Gasteiger charge is -2.32. The third-order valence-electron chi connectivity index (χ3n) is 2.75. The van der Waals surface area contributed by atoms with Crippen LogP contribution in [0.25, 0.3) is 0 Å². The van der Waals surface area contributed by atoms with E-state index in [2.05, 4.69) is 39.5 Å². The molecular weight excluding hydrogens is 295 g/mol. The van der Waals surface area contributed by atoms with Gasteiger partial charge in [0.15, 0.2) is 0 Å². The molecule has 0 radical (unpaired) electrons. The Balaban J connectivity index is 2.11. The first-order valence-electron chi connectivity index (χ1n) is 4.51. The molecule has 4 heteroatoms. The Labute approximate surface area is 96.0 Å². The highest BCUT2D eigenvalue weighted by Crippen LogP contribution is 2.38. The van der Waals surface area contributed by atoms with Crippen molar-refractivity contribution in [2.75, 3.05) is 0 Å². The van der Waals surface area contributed by atoms with Crippen molar-refractivity contribution in [1.29, 1.82) is 0 Å². The summed E-state index contributed by atoms with van der Waals surface area (Å²) >= 11 is 4.14. The number of thiophene rings is 1. The van der Waals surface area contributed by atoms with Crippen molar-refractivity contribution < 1.29 is 0 Å². The Bertz CT molecular complexity index is 283. The van der Waals surface area contributed by atoms with Gasteiger partial charge in [-0.25, -0.2) is 0 Å². The highest BCUT2D eigenvalue weighted by Gasteiger charge is 2.27. The zero-order chi connectivity index (χ0) is 9.26. The summed E-state index contributed by atoms with van der Waals surface area (Å²) < 4.78 is 1.34. The summed E-state index contributed by atoms with van der Waals surface area (Å²) in [5.41, 5.74) is 4.30. The highest BCUT2D eigenvalue weighted by atomic mass is 127. The van der Waals surface area contributed by atoms with Crippen molar-refractivity contribution in [2.24, 2.45) is 11.8 Å². The molecule has 0 aromatic carbocycles. The fraction of sp³-hybridized carbons (Fsp3) is 0.556. The third kappa shape index (κ3) is 2.06. The molecule has 1 unspecified atom stereocenters. The van der Waals surface area contributed by atoms with Crippen LogP contribution in [0.15, 0.2) is 11.4 Å². The van der Waals surface area contributed by atoms with E-state index >= 15 is 0 Å². The average molecular weight is 308 g/mol. The summed E-state index contributed by atoms with van der Waals surface area (Å²) in [6, 6.07) is 2.61. The first-order valence-corrected chi connectivity index (χ1v) is 6.47. The minimum Gasteiger partial charge on any atom is -0.271 e. The number of hydrogen-bond acceptors (Lipinski definition) is 3. The number of nitrogens with one attached hydrogen (secondary N) is 1. The molecule has 0 aliphatic heterocycles. The molecular formula is C9H13IN2S. The quantitative estimate of drug-likeness (QED) is 0.512. The average Bonchev–Trinajstić information content (AvgIpc) is 2.43. The number of nitrogens with two attached hydrogens (primary N) is 1. The van der Waals surface area contributed by atoms with Crippen molar-refractivity contribution in [2.45, 2.75) is 25.3 Å². The van der Waals surface area contributed by atoms with E-state index in [0.29, 0.717) is 6.04 Å². The third-order valence-corrected chi connectivity index (χ3v) is 4.55. The van der Waals surface area contributed by atoms with Gasteiger partial charge in [0.25, 0.3) is 0 Å². The van der Waals surface area contributed by atoms with Gasteiger partial charge in [-0.15, -0.1) is 11.3 Å². The summed E-state index contributed by atoms with van der Waals surface area (Å²) in [6.45, 7) is 0. The monoisotopic (exact) mass is 308 g/mol. The lowest BCUT2D eigenvalue weighted by atomic mass is 9.78. The fourth-order valence-electron chi connectivity index (χ4n) is 1.76. The van der Waals surface area contributed by atoms with E-state index in [4.69, 9.17) is 5.84 Å². The van der Waals surface area contributed by atoms with Gasteiger partial charge >= 0.3 is 0 Å². The molecule has 1 saturated carbocycles. The second kappa shape index (κ2) is 4.25. The van der Waals surface area contributed by atoms with Crippen molar-refractivity contribution in [3.63, 3.8) is 0 Å². The molecule has 0 spiro atoms. The second-order valence-electron chi connectivity index (χ2n) is 3.52. The summed E-state index contributed by atoms with van der Waals surface area (Å²) in [4.78, 5) is 0. The number of halogens is 1. The largest absolute Gasteiger partial charge is 0.271 e. The zero-order valence-corrected chi connectivity index (χ0v) is 10.3. The van der Waals surface area contributed by atoms with Gasteiger partial charge in [-0.2, -0.15) is 0 Å². The van der Waals surface area contributed by atoms with Gasteiger partial charge in [0.2, 0.25) is 0 Å². The van der Waals surface area contributed by atoms with Gasteiger partial charge in [-0.1, -0.05) is 6.42 Å². The van der Waals surface area contributed by atoms with E-state index in [1.54, 1.807) is 11.3 Å². The van der Waals surface area contributed by atoms with Crippen LogP contribution in [-0.4, -0.2) is 0 Å². The maximum Gasteiger partial charge on any atom is 0.0656 e. The number of hydrogen-bond donors (Lipinski definition) is 2. The van der Waals surface area contributed by atoms with Crippen LogP contribution in [0.2, 0.25) is 0 Å². The minimum absolute atomic E-state index is 0.383. The van der Waals surface area contributed by atoms with Gasteiger partial charge in [0, 0.05) is 6.04 Å². The molecule has 2 rings (SSSR count). The van der Waals surface area contributed by atoms with Crippen LogP contribution in [0.5, 0.6) is 0 Å². The van der Waals surface area contributed by atoms with Crippen LogP contribution in [-0.2, 0) is 0 Å². The standard InChI is InChI=1S/C9H13IN2S/c10-8-4-7(5-13-8)9(12-11)6-2-1-3-6/h4-6,9,12H,1-3,11H2. The van der Waals surface area contributed by atoms with Crippen molar-refractivity contribution in [3.05, 3.63) is 19.9 Å². The lowest BCUT2D eigenvalue weighted by molar-refractivity contribution is 0.232. The molecule has 0 bridgehead atoms. The number of hydrazine groups is 1. The SMILES string of the molecule is NNC(c1csc(I)c1)C1CCC1. The van der Waals surface area contributed by atoms with Crippen LogP contribution < -0.4 is 11.3 Å². The van der Waals surface area contributed by atoms with Crippen LogP contribution in [0, 0.1) is 8.80 Å². The molecule has 1 aliphatic rings. The summed E-state index contributed by atoms with van der Waals surface area (Å²) in [6.07, 6.45) is 4.01. The van der Waals surface area contributed by atoms with Crippen LogP contribution in [0.1, 0.15) is 30.9 Å². The predicted molar refractivity (Wildman–Crippen MR) is 64.4 cm³/mol. The lowest BCUT2D eigenvalue weighted by Crippen LogP contribution is -2.36. The fourth-order valence-corrected chi connectivity index (χ4v) is 3.17. The highest BCUT2D eigenvalue weighted by molar-refractivity contribution is 14.1. The molecule has 1 aromatic heterocycles. The van der Waals surface area contributed by atoms with E-state index in [1.165, 1.54) is 27.7 Å². The topological polar surface area (TPSA) is 38.0 Å². The van der Waals surface area contributed by atoms with E-state index in [0.717, 1.165) is 5.92 Å².